The summed E-state index contributed by atoms with van der Waals surface area (Å²) in [5.41, 5.74) is 6.78. The van der Waals surface area contributed by atoms with Crippen LogP contribution in [0.2, 0.25) is 0 Å². The van der Waals surface area contributed by atoms with Gasteiger partial charge in [0, 0.05) is 17.7 Å². The van der Waals surface area contributed by atoms with E-state index in [9.17, 15) is 19.2 Å². The molecule has 0 bridgehead atoms. The minimum absolute atomic E-state index is 0.134. The zero-order valence-corrected chi connectivity index (χ0v) is 15.5. The number of anilines is 1. The fourth-order valence-electron chi connectivity index (χ4n) is 2.70. The first-order valence-electron chi connectivity index (χ1n) is 8.77. The molecular formula is C19H17N5O6. The van der Waals surface area contributed by atoms with E-state index >= 15 is 0 Å². The van der Waals surface area contributed by atoms with Gasteiger partial charge < -0.3 is 21.3 Å². The molecule has 3 rings (SSSR count). The molecule has 0 saturated heterocycles. The molecule has 1 atom stereocenters. The Bertz CT molecular complexity index is 1190. The Labute approximate surface area is 168 Å². The highest BCUT2D eigenvalue weighted by Gasteiger charge is 2.21. The molecule has 0 aliphatic heterocycles. The number of hydrogen-bond donors (Lipinski definition) is 4. The third-order valence-electron chi connectivity index (χ3n) is 4.23. The number of hydrogen-bond acceptors (Lipinski definition) is 7. The van der Waals surface area contributed by atoms with Gasteiger partial charge in [0.05, 0.1) is 11.2 Å². The van der Waals surface area contributed by atoms with E-state index in [1.807, 2.05) is 0 Å². The molecule has 11 nitrogen and oxygen atoms in total. The van der Waals surface area contributed by atoms with E-state index in [1.54, 1.807) is 12.1 Å². The molecular weight excluding hydrogens is 394 g/mol. The lowest BCUT2D eigenvalue weighted by Gasteiger charge is -2.13. The second kappa shape index (κ2) is 8.39. The van der Waals surface area contributed by atoms with Gasteiger partial charge in [-0.15, -0.1) is 0 Å². The molecule has 30 heavy (non-hydrogen) atoms. The molecule has 0 spiro atoms. The van der Waals surface area contributed by atoms with Crippen LogP contribution in [0.1, 0.15) is 23.2 Å². The maximum atomic E-state index is 12.3. The number of nitrogen functional groups attached to an aromatic ring is 1. The minimum Gasteiger partial charge on any atom is -0.481 e. The molecule has 1 aromatic heterocycles. The number of nitrogens with zero attached hydrogens (tertiary/aromatic N) is 3. The first-order valence-corrected chi connectivity index (χ1v) is 8.77. The van der Waals surface area contributed by atoms with Crippen LogP contribution in [-0.4, -0.2) is 48.9 Å². The van der Waals surface area contributed by atoms with Gasteiger partial charge in [0.2, 0.25) is 0 Å². The highest BCUT2D eigenvalue weighted by atomic mass is 16.4. The van der Waals surface area contributed by atoms with Crippen molar-refractivity contribution in [3.05, 3.63) is 58.5 Å². The molecule has 0 aliphatic carbocycles. The Morgan fingerprint density at radius 1 is 1.07 bits per heavy atom. The number of amides is 1. The summed E-state index contributed by atoms with van der Waals surface area (Å²) in [5, 5.41) is 24.3. The normalized spacial score (nSPS) is 11.7. The van der Waals surface area contributed by atoms with E-state index in [1.165, 1.54) is 30.3 Å². The first-order chi connectivity index (χ1) is 14.2. The number of fused-ring (bicyclic) bond motifs is 1. The van der Waals surface area contributed by atoms with Crippen molar-refractivity contribution in [2.75, 3.05) is 5.73 Å². The lowest BCUT2D eigenvalue weighted by molar-refractivity contribution is -0.140. The van der Waals surface area contributed by atoms with Crippen LogP contribution in [0.4, 0.5) is 5.69 Å². The van der Waals surface area contributed by atoms with Crippen LogP contribution in [0.5, 0.6) is 0 Å². The van der Waals surface area contributed by atoms with Crippen molar-refractivity contribution in [1.29, 1.82) is 0 Å². The molecule has 1 heterocycles. The van der Waals surface area contributed by atoms with Crippen molar-refractivity contribution >= 4 is 34.6 Å². The van der Waals surface area contributed by atoms with E-state index in [4.69, 9.17) is 15.9 Å². The molecule has 2 aromatic carbocycles. The van der Waals surface area contributed by atoms with Crippen molar-refractivity contribution < 1.29 is 24.6 Å². The van der Waals surface area contributed by atoms with Gasteiger partial charge in [0.15, 0.2) is 0 Å². The fourth-order valence-corrected chi connectivity index (χ4v) is 2.70. The number of aliphatic carboxylic acids is 2. The molecule has 0 aliphatic rings. The van der Waals surface area contributed by atoms with Crippen LogP contribution in [0.3, 0.4) is 0 Å². The summed E-state index contributed by atoms with van der Waals surface area (Å²) in [6.45, 7) is 0. The van der Waals surface area contributed by atoms with E-state index in [0.29, 0.717) is 22.4 Å². The second-order valence-corrected chi connectivity index (χ2v) is 6.40. The van der Waals surface area contributed by atoms with Crippen LogP contribution >= 0.6 is 0 Å². The Morgan fingerprint density at radius 3 is 2.40 bits per heavy atom. The van der Waals surface area contributed by atoms with Gasteiger partial charge in [-0.2, -0.15) is 14.8 Å². The van der Waals surface area contributed by atoms with Gasteiger partial charge in [-0.3, -0.25) is 9.59 Å². The topological polar surface area (TPSA) is 178 Å². The number of aromatic nitrogens is 3. The molecule has 1 amide bonds. The van der Waals surface area contributed by atoms with Gasteiger partial charge in [-0.05, 0) is 48.9 Å². The molecule has 3 aromatic rings. The standard InChI is InChI=1S/C19H17N5O6/c20-11-3-6-13-15(9-11)22-19(30)24(23-13)12-4-1-10(2-5-12)17(27)21-14(18(28)29)7-8-16(25)26/h1-6,9,14H,7-8,20H2,(H,21,27)(H,25,26)(H,28,29). The molecule has 0 saturated carbocycles. The van der Waals surface area contributed by atoms with Crippen LogP contribution in [-0.2, 0) is 9.59 Å². The predicted molar refractivity (Wildman–Crippen MR) is 105 cm³/mol. The third kappa shape index (κ3) is 4.58. The Kier molecular flexibility index (Phi) is 5.72. The number of nitrogens with one attached hydrogen (secondary N) is 1. The van der Waals surface area contributed by atoms with Crippen molar-refractivity contribution in [3.63, 3.8) is 0 Å². The summed E-state index contributed by atoms with van der Waals surface area (Å²) >= 11 is 0. The fraction of sp³-hybridized carbons (Fsp3) is 0.158. The molecule has 0 radical (unpaired) electrons. The van der Waals surface area contributed by atoms with Crippen LogP contribution < -0.4 is 16.7 Å². The smallest absolute Gasteiger partial charge is 0.369 e. The van der Waals surface area contributed by atoms with Crippen LogP contribution in [0.25, 0.3) is 16.7 Å². The van der Waals surface area contributed by atoms with Crippen LogP contribution in [0.15, 0.2) is 47.3 Å². The Balaban J connectivity index is 1.81. The monoisotopic (exact) mass is 411 g/mol. The van der Waals surface area contributed by atoms with Gasteiger partial charge >= 0.3 is 17.6 Å². The molecule has 5 N–H and O–H groups in total. The number of carbonyl (C=O) groups is 3. The summed E-state index contributed by atoms with van der Waals surface area (Å²) in [5.74, 6) is -3.18. The summed E-state index contributed by atoms with van der Waals surface area (Å²) < 4.78 is 1.06. The highest BCUT2D eigenvalue weighted by molar-refractivity contribution is 5.96. The third-order valence-corrected chi connectivity index (χ3v) is 4.23. The van der Waals surface area contributed by atoms with Gasteiger partial charge in [-0.25, -0.2) is 9.59 Å². The SMILES string of the molecule is Nc1ccc2nn(-c3ccc(C(=O)NC(CCC(=O)O)C(=O)O)cc3)c(=O)nc2c1. The van der Waals surface area contributed by atoms with Gasteiger partial charge in [0.1, 0.15) is 11.6 Å². The number of nitrogens with two attached hydrogens (primary N) is 1. The Morgan fingerprint density at radius 2 is 1.77 bits per heavy atom. The zero-order valence-electron chi connectivity index (χ0n) is 15.5. The molecule has 0 fully saturated rings. The number of carboxylic acids is 2. The second-order valence-electron chi connectivity index (χ2n) is 6.40. The molecule has 11 heteroatoms. The van der Waals surface area contributed by atoms with Gasteiger partial charge in [-0.1, -0.05) is 0 Å². The largest absolute Gasteiger partial charge is 0.481 e. The summed E-state index contributed by atoms with van der Waals surface area (Å²) in [6, 6.07) is 9.15. The average molecular weight is 411 g/mol. The summed E-state index contributed by atoms with van der Waals surface area (Å²) in [6.07, 6.45) is -0.646. The summed E-state index contributed by atoms with van der Waals surface area (Å²) in [7, 11) is 0. The lowest BCUT2D eigenvalue weighted by Crippen LogP contribution is -2.41. The predicted octanol–water partition coefficient (Wildman–Crippen LogP) is 0.411. The minimum atomic E-state index is -1.34. The summed E-state index contributed by atoms with van der Waals surface area (Å²) in [4.78, 5) is 50.3. The first kappa shape index (κ1) is 20.5. The van der Waals surface area contributed by atoms with E-state index in [2.05, 4.69) is 15.4 Å². The Hall–Kier alpha value is -4.28. The molecule has 154 valence electrons. The number of carbonyl (C=O) groups excluding carboxylic acids is 1. The maximum Gasteiger partial charge on any atom is 0.369 e. The van der Waals surface area contributed by atoms with E-state index in [0.717, 1.165) is 4.68 Å². The number of carboxylic acid groups (broad SMARTS) is 2. The lowest BCUT2D eigenvalue weighted by atomic mass is 10.1. The van der Waals surface area contributed by atoms with Gasteiger partial charge in [0.25, 0.3) is 5.91 Å². The zero-order chi connectivity index (χ0) is 21.8. The van der Waals surface area contributed by atoms with E-state index in [-0.39, 0.29) is 12.0 Å². The number of rotatable bonds is 7. The van der Waals surface area contributed by atoms with E-state index < -0.39 is 36.0 Å². The quantitative estimate of drug-likeness (QED) is 0.401. The van der Waals surface area contributed by atoms with Crippen molar-refractivity contribution in [1.82, 2.24) is 20.1 Å². The van der Waals surface area contributed by atoms with Crippen molar-refractivity contribution in [2.45, 2.75) is 18.9 Å². The number of benzene rings is 2. The average Bonchev–Trinajstić information content (AvgIpc) is 2.70. The van der Waals surface area contributed by atoms with Crippen LogP contribution in [0, 0.1) is 0 Å². The maximum absolute atomic E-state index is 12.3. The van der Waals surface area contributed by atoms with Crippen molar-refractivity contribution in [3.8, 4) is 5.69 Å². The highest BCUT2D eigenvalue weighted by Crippen LogP contribution is 2.13. The van der Waals surface area contributed by atoms with Crippen molar-refractivity contribution in [2.24, 2.45) is 0 Å². The molecule has 1 unspecified atom stereocenters.